The lowest BCUT2D eigenvalue weighted by Gasteiger charge is -2.36. The standard InChI is InChI=1S/C37H46IN3O10/c1-36(2,3)31(33(44)41-17-7-8-28(41)32(43)40(4)27-13-11-26(38)12-14-27)39-30(42)16-10-24-9-15-29-25(22-24)23-37(51-29,34(45)49-20-18-47-5)35(46)50-21-19-48-6/h9-16,22,28,31H,7-8,17-21,23H2,1-6H3,(H,39,42)/b16-10+. The van der Waals surface area contributed by atoms with Crippen LogP contribution in [0.15, 0.2) is 48.5 Å². The number of carbonyl (C=O) groups excluding carboxylic acids is 5. The smallest absolute Gasteiger partial charge is 0.362 e. The average Bonchev–Trinajstić information content (AvgIpc) is 3.75. The zero-order chi connectivity index (χ0) is 37.3. The summed E-state index contributed by atoms with van der Waals surface area (Å²) in [6.07, 6.45) is 3.93. The van der Waals surface area contributed by atoms with E-state index in [1.54, 1.807) is 41.1 Å². The molecule has 276 valence electrons. The number of methoxy groups -OCH3 is 2. The van der Waals surface area contributed by atoms with E-state index >= 15 is 0 Å². The topological polar surface area (TPSA) is 150 Å². The van der Waals surface area contributed by atoms with Crippen molar-refractivity contribution < 1.29 is 47.7 Å². The summed E-state index contributed by atoms with van der Waals surface area (Å²) in [6.45, 7) is 6.09. The molecule has 13 nitrogen and oxygen atoms in total. The molecule has 0 radical (unpaired) electrons. The molecular formula is C37H46IN3O10. The van der Waals surface area contributed by atoms with Crippen molar-refractivity contribution >= 4 is 64.0 Å². The van der Waals surface area contributed by atoms with Crippen molar-refractivity contribution in [1.29, 1.82) is 0 Å². The van der Waals surface area contributed by atoms with Gasteiger partial charge in [-0.2, -0.15) is 0 Å². The summed E-state index contributed by atoms with van der Waals surface area (Å²) < 4.78 is 27.4. The number of anilines is 1. The largest absolute Gasteiger partial charge is 0.463 e. The van der Waals surface area contributed by atoms with Gasteiger partial charge in [-0.1, -0.05) is 26.8 Å². The lowest BCUT2D eigenvalue weighted by atomic mass is 9.85. The molecule has 1 saturated heterocycles. The highest BCUT2D eigenvalue weighted by atomic mass is 127. The lowest BCUT2D eigenvalue weighted by molar-refractivity contribution is -0.179. The van der Waals surface area contributed by atoms with E-state index in [0.717, 1.165) is 9.26 Å². The Kier molecular flexibility index (Phi) is 13.6. The number of nitrogens with one attached hydrogen (secondary N) is 1. The molecular weight excluding hydrogens is 773 g/mol. The van der Waals surface area contributed by atoms with Crippen molar-refractivity contribution in [2.75, 3.05) is 59.1 Å². The van der Waals surface area contributed by atoms with Gasteiger partial charge in [-0.25, -0.2) is 9.59 Å². The van der Waals surface area contributed by atoms with Gasteiger partial charge in [0.2, 0.25) is 17.7 Å². The second-order valence-electron chi connectivity index (χ2n) is 13.4. The van der Waals surface area contributed by atoms with E-state index in [1.807, 2.05) is 45.0 Å². The lowest BCUT2D eigenvalue weighted by Crippen LogP contribution is -2.57. The maximum atomic E-state index is 14.0. The Bertz CT molecular complexity index is 1600. The first kappa shape index (κ1) is 39.8. The minimum absolute atomic E-state index is 0.0811. The number of hydrogen-bond donors (Lipinski definition) is 1. The van der Waals surface area contributed by atoms with E-state index in [0.29, 0.717) is 36.3 Å². The second-order valence-corrected chi connectivity index (χ2v) is 14.7. The molecule has 0 bridgehead atoms. The van der Waals surface area contributed by atoms with E-state index in [1.165, 1.54) is 20.3 Å². The van der Waals surface area contributed by atoms with Gasteiger partial charge < -0.3 is 38.8 Å². The molecule has 2 aliphatic heterocycles. The molecule has 2 aliphatic rings. The first-order valence-electron chi connectivity index (χ1n) is 16.7. The maximum absolute atomic E-state index is 14.0. The van der Waals surface area contributed by atoms with Crippen LogP contribution in [-0.2, 0) is 49.3 Å². The second kappa shape index (κ2) is 17.5. The zero-order valence-electron chi connectivity index (χ0n) is 29.9. The number of fused-ring (bicyclic) bond motifs is 1. The van der Waals surface area contributed by atoms with E-state index < -0.39 is 40.9 Å². The average molecular weight is 820 g/mol. The van der Waals surface area contributed by atoms with Gasteiger partial charge >= 0.3 is 17.5 Å². The minimum atomic E-state index is -2.05. The van der Waals surface area contributed by atoms with Crippen molar-refractivity contribution in [3.8, 4) is 5.75 Å². The normalized spacial score (nSPS) is 17.0. The molecule has 14 heteroatoms. The molecule has 1 N–H and O–H groups in total. The minimum Gasteiger partial charge on any atom is -0.463 e. The first-order valence-corrected chi connectivity index (χ1v) is 17.8. The first-order chi connectivity index (χ1) is 24.2. The van der Waals surface area contributed by atoms with Gasteiger partial charge in [0.25, 0.3) is 0 Å². The molecule has 1 fully saturated rings. The summed E-state index contributed by atoms with van der Waals surface area (Å²) in [5.41, 5.74) is -0.854. The fraction of sp³-hybridized carbons (Fsp3) is 0.486. The number of carbonyl (C=O) groups is 5. The quantitative estimate of drug-likeness (QED) is 0.0987. The van der Waals surface area contributed by atoms with Crippen LogP contribution in [0.4, 0.5) is 5.69 Å². The highest BCUT2D eigenvalue weighted by Gasteiger charge is 2.56. The number of hydrogen-bond acceptors (Lipinski definition) is 10. The van der Waals surface area contributed by atoms with Crippen LogP contribution in [0.3, 0.4) is 0 Å². The predicted octanol–water partition coefficient (Wildman–Crippen LogP) is 3.54. The highest BCUT2D eigenvalue weighted by molar-refractivity contribution is 14.1. The summed E-state index contributed by atoms with van der Waals surface area (Å²) in [7, 11) is 4.62. The Hall–Kier alpha value is -4.02. The molecule has 2 atom stereocenters. The van der Waals surface area contributed by atoms with Gasteiger partial charge in [0.05, 0.1) is 13.2 Å². The zero-order valence-corrected chi connectivity index (χ0v) is 32.0. The number of ether oxygens (including phenoxy) is 5. The van der Waals surface area contributed by atoms with Crippen molar-refractivity contribution in [1.82, 2.24) is 10.2 Å². The van der Waals surface area contributed by atoms with Gasteiger partial charge in [0.1, 0.15) is 31.0 Å². The fourth-order valence-corrected chi connectivity index (χ4v) is 6.25. The van der Waals surface area contributed by atoms with E-state index in [2.05, 4.69) is 27.9 Å². The van der Waals surface area contributed by atoms with Gasteiger partial charge in [-0.3, -0.25) is 14.4 Å². The SMILES string of the molecule is COCCOC(=O)C1(C(=O)OCCOC)Cc2cc(/C=C/C(=O)NC(C(=O)N3CCCC3C(=O)N(C)c3ccc(I)cc3)C(C)(C)C)ccc2O1. The number of likely N-dealkylation sites (N-methyl/N-ethyl adjacent to an activating group) is 1. The Balaban J connectivity index is 1.46. The fourth-order valence-electron chi connectivity index (χ4n) is 5.89. The maximum Gasteiger partial charge on any atom is 0.362 e. The number of halogens is 1. The van der Waals surface area contributed by atoms with Gasteiger partial charge in [-0.15, -0.1) is 0 Å². The number of nitrogens with zero attached hydrogens (tertiary/aromatic N) is 2. The summed E-state index contributed by atoms with van der Waals surface area (Å²) in [4.78, 5) is 70.3. The molecule has 0 aliphatic carbocycles. The molecule has 0 spiro atoms. The van der Waals surface area contributed by atoms with E-state index in [9.17, 15) is 24.0 Å². The van der Waals surface area contributed by atoms with Crippen LogP contribution in [0.1, 0.15) is 44.7 Å². The number of benzene rings is 2. The van der Waals surface area contributed by atoms with Crippen LogP contribution in [0.5, 0.6) is 5.75 Å². The number of likely N-dealkylation sites (tertiary alicyclic amines) is 1. The summed E-state index contributed by atoms with van der Waals surface area (Å²) in [5, 5.41) is 2.86. The van der Waals surface area contributed by atoms with Crippen LogP contribution in [0, 0.1) is 8.99 Å². The van der Waals surface area contributed by atoms with Crippen molar-refractivity contribution in [3.05, 3.63) is 63.2 Å². The molecule has 2 heterocycles. The molecule has 2 aromatic carbocycles. The van der Waals surface area contributed by atoms with Crippen molar-refractivity contribution in [3.63, 3.8) is 0 Å². The molecule has 4 rings (SSSR count). The van der Waals surface area contributed by atoms with Crippen LogP contribution >= 0.6 is 22.6 Å². The molecule has 2 aromatic rings. The molecule has 2 unspecified atom stereocenters. The van der Waals surface area contributed by atoms with Gasteiger partial charge in [0, 0.05) is 55.1 Å². The number of esters is 2. The summed E-state index contributed by atoms with van der Waals surface area (Å²) >= 11 is 2.20. The van der Waals surface area contributed by atoms with Crippen LogP contribution in [0.25, 0.3) is 6.08 Å². The van der Waals surface area contributed by atoms with Gasteiger partial charge in [0.15, 0.2) is 0 Å². The van der Waals surface area contributed by atoms with Gasteiger partial charge in [-0.05, 0) is 88.9 Å². The third-order valence-electron chi connectivity index (χ3n) is 8.70. The van der Waals surface area contributed by atoms with E-state index in [-0.39, 0.29) is 44.7 Å². The van der Waals surface area contributed by atoms with Crippen molar-refractivity contribution in [2.45, 2.75) is 57.7 Å². The molecule has 3 amide bonds. The summed E-state index contributed by atoms with van der Waals surface area (Å²) in [5.74, 6) is -2.53. The third-order valence-corrected chi connectivity index (χ3v) is 9.42. The molecule has 0 aromatic heterocycles. The Morgan fingerprint density at radius 3 is 2.22 bits per heavy atom. The highest BCUT2D eigenvalue weighted by Crippen LogP contribution is 2.38. The Morgan fingerprint density at radius 1 is 1.00 bits per heavy atom. The van der Waals surface area contributed by atoms with Crippen molar-refractivity contribution in [2.24, 2.45) is 5.41 Å². The summed E-state index contributed by atoms with van der Waals surface area (Å²) in [6, 6.07) is 11.0. The van der Waals surface area contributed by atoms with Crippen LogP contribution in [0.2, 0.25) is 0 Å². The predicted molar refractivity (Wildman–Crippen MR) is 197 cm³/mol. The van der Waals surface area contributed by atoms with Crippen LogP contribution < -0.4 is 15.0 Å². The molecule has 0 saturated carbocycles. The molecule has 51 heavy (non-hydrogen) atoms. The Morgan fingerprint density at radius 2 is 1.63 bits per heavy atom. The van der Waals surface area contributed by atoms with E-state index in [4.69, 9.17) is 23.7 Å². The monoisotopic (exact) mass is 819 g/mol. The Labute approximate surface area is 312 Å². The number of rotatable bonds is 14. The van der Waals surface area contributed by atoms with Crippen LogP contribution in [-0.4, -0.2) is 106 Å². The number of amides is 3. The third kappa shape index (κ3) is 9.65.